The predicted octanol–water partition coefficient (Wildman–Crippen LogP) is 22.5. The largest absolute Gasteiger partial charge is 0.466 e. The van der Waals surface area contributed by atoms with Gasteiger partial charge in [-0.3, -0.25) is 9.59 Å². The molecule has 0 aromatic rings. The standard InChI is InChI=1S/C83H157NO10/c1-3-5-7-9-11-13-15-16-17-44-47-51-55-59-63-67-71-79(88)92-72-68-64-60-56-52-48-45-42-40-38-36-34-32-30-28-26-24-22-20-18-19-21-23-25-27-29-31-33-35-37-39-41-43-46-50-54-58-62-66-70-78(87)84-75(74-93-83-82(91)81(90)80(89)77(73-85)94-83)76(86)69-65-61-57-53-49-14-12-10-8-6-4-2/h18-19,49,53,65,69,75-77,80-83,85-86,89-91H,3-17,20-48,50-52,54-64,66-68,70-74H2,1-2H3,(H,84,87)/b19-18-,53-49+,69-65+. The molecule has 1 amide bonds. The smallest absolute Gasteiger partial charge is 0.305 e. The number of carbonyl (C=O) groups excluding carboxylic acids is 2. The number of allylic oxidation sites excluding steroid dienone is 5. The van der Waals surface area contributed by atoms with Crippen LogP contribution in [0.2, 0.25) is 0 Å². The fraction of sp³-hybridized carbons (Fsp3) is 0.904. The lowest BCUT2D eigenvalue weighted by Crippen LogP contribution is -2.60. The van der Waals surface area contributed by atoms with Crippen molar-refractivity contribution in [2.75, 3.05) is 19.8 Å². The molecule has 0 aliphatic carbocycles. The van der Waals surface area contributed by atoms with Crippen molar-refractivity contribution in [1.82, 2.24) is 5.32 Å². The maximum Gasteiger partial charge on any atom is 0.305 e. The Morgan fingerprint density at radius 2 is 0.691 bits per heavy atom. The topological polar surface area (TPSA) is 175 Å². The second-order valence-corrected chi connectivity index (χ2v) is 28.8. The van der Waals surface area contributed by atoms with Crippen molar-refractivity contribution in [1.29, 1.82) is 0 Å². The average Bonchev–Trinajstić information content (AvgIpc) is 1.04. The van der Waals surface area contributed by atoms with Crippen LogP contribution in [0.25, 0.3) is 0 Å². The maximum absolute atomic E-state index is 13.1. The third-order valence-corrected chi connectivity index (χ3v) is 19.7. The summed E-state index contributed by atoms with van der Waals surface area (Å²) in [5, 5.41) is 54.4. The van der Waals surface area contributed by atoms with Gasteiger partial charge in [0.15, 0.2) is 6.29 Å². The first-order valence-electron chi connectivity index (χ1n) is 41.3. The molecule has 0 saturated carbocycles. The molecule has 554 valence electrons. The molecule has 1 fully saturated rings. The van der Waals surface area contributed by atoms with E-state index < -0.39 is 49.5 Å². The summed E-state index contributed by atoms with van der Waals surface area (Å²) < 4.78 is 16.8. The molecule has 11 heteroatoms. The van der Waals surface area contributed by atoms with E-state index in [1.165, 1.54) is 340 Å². The van der Waals surface area contributed by atoms with E-state index in [-0.39, 0.29) is 18.5 Å². The summed E-state index contributed by atoms with van der Waals surface area (Å²) in [7, 11) is 0. The molecule has 94 heavy (non-hydrogen) atoms. The van der Waals surface area contributed by atoms with Gasteiger partial charge in [-0.1, -0.05) is 371 Å². The fourth-order valence-electron chi connectivity index (χ4n) is 13.3. The van der Waals surface area contributed by atoms with Crippen molar-refractivity contribution in [2.45, 2.75) is 461 Å². The van der Waals surface area contributed by atoms with Gasteiger partial charge in [0.25, 0.3) is 0 Å². The minimum absolute atomic E-state index is 0.0209. The van der Waals surface area contributed by atoms with E-state index in [9.17, 15) is 35.1 Å². The quantitative estimate of drug-likeness (QED) is 0.0195. The molecule has 1 rings (SSSR count). The van der Waals surface area contributed by atoms with Gasteiger partial charge in [-0.05, 0) is 70.6 Å². The Hall–Kier alpha value is -2.12. The van der Waals surface area contributed by atoms with E-state index in [0.29, 0.717) is 19.4 Å². The number of hydrogen-bond donors (Lipinski definition) is 6. The van der Waals surface area contributed by atoms with Crippen LogP contribution in [-0.4, -0.2) is 100 Å². The normalized spacial score (nSPS) is 17.5. The molecule has 11 nitrogen and oxygen atoms in total. The molecule has 1 saturated heterocycles. The average molecular weight is 1330 g/mol. The van der Waals surface area contributed by atoms with Gasteiger partial charge in [-0.2, -0.15) is 0 Å². The molecule has 1 aliphatic heterocycles. The van der Waals surface area contributed by atoms with Crippen LogP contribution < -0.4 is 5.32 Å². The Kier molecular flexibility index (Phi) is 69.0. The summed E-state index contributed by atoms with van der Waals surface area (Å²) in [6.07, 6.45) is 84.9. The van der Waals surface area contributed by atoms with Gasteiger partial charge in [0.05, 0.1) is 32.0 Å². The van der Waals surface area contributed by atoms with E-state index in [2.05, 4.69) is 43.5 Å². The molecule has 0 bridgehead atoms. The van der Waals surface area contributed by atoms with Gasteiger partial charge >= 0.3 is 5.97 Å². The van der Waals surface area contributed by atoms with E-state index in [1.54, 1.807) is 6.08 Å². The van der Waals surface area contributed by atoms with Crippen molar-refractivity contribution in [2.24, 2.45) is 0 Å². The highest BCUT2D eigenvalue weighted by atomic mass is 16.7. The molecule has 7 unspecified atom stereocenters. The highest BCUT2D eigenvalue weighted by molar-refractivity contribution is 5.76. The highest BCUT2D eigenvalue weighted by Gasteiger charge is 2.44. The number of aliphatic hydroxyl groups excluding tert-OH is 5. The van der Waals surface area contributed by atoms with Crippen LogP contribution in [0.15, 0.2) is 36.5 Å². The Labute approximate surface area is 581 Å². The molecule has 1 heterocycles. The number of carbonyl (C=O) groups is 2. The molecule has 0 spiro atoms. The number of ether oxygens (including phenoxy) is 3. The van der Waals surface area contributed by atoms with Crippen LogP contribution in [0.3, 0.4) is 0 Å². The second-order valence-electron chi connectivity index (χ2n) is 28.8. The van der Waals surface area contributed by atoms with Crippen LogP contribution >= 0.6 is 0 Å². The molecule has 0 aromatic carbocycles. The first-order chi connectivity index (χ1) is 46.2. The Bertz CT molecular complexity index is 1660. The third kappa shape index (κ3) is 59.9. The van der Waals surface area contributed by atoms with Crippen LogP contribution in [-0.2, 0) is 23.8 Å². The Balaban J connectivity index is 1.86. The van der Waals surface area contributed by atoms with Crippen LogP contribution in [0, 0.1) is 0 Å². The van der Waals surface area contributed by atoms with E-state index in [0.717, 1.165) is 51.4 Å². The number of esters is 1. The molecule has 7 atom stereocenters. The first-order valence-corrected chi connectivity index (χ1v) is 41.3. The molecule has 0 radical (unpaired) electrons. The molecule has 6 N–H and O–H groups in total. The van der Waals surface area contributed by atoms with E-state index in [4.69, 9.17) is 14.2 Å². The summed E-state index contributed by atoms with van der Waals surface area (Å²) in [5.41, 5.74) is 0. The SMILES string of the molecule is CCCCCCC/C=C/CC/C=C/C(O)C(COC1OC(CO)C(O)C(O)C1O)NC(=O)CCCCCCCCCCCCCCCCCCC/C=C\CCCCCCCCCCCCCCCCCCCCOC(=O)CCCCCCCCCCCCCCCCCC. The van der Waals surface area contributed by atoms with Gasteiger partial charge in [0, 0.05) is 12.8 Å². The summed E-state index contributed by atoms with van der Waals surface area (Å²) in [5.74, 6) is -0.166. The number of hydrogen-bond acceptors (Lipinski definition) is 10. The third-order valence-electron chi connectivity index (χ3n) is 19.7. The first kappa shape index (κ1) is 89.9. The Morgan fingerprint density at radius 3 is 1.05 bits per heavy atom. The van der Waals surface area contributed by atoms with Crippen LogP contribution in [0.1, 0.15) is 418 Å². The minimum atomic E-state index is -1.57. The second kappa shape index (κ2) is 72.1. The molecular formula is C83H157NO10. The molecule has 1 aliphatic rings. The summed E-state index contributed by atoms with van der Waals surface area (Å²) in [4.78, 5) is 25.2. The summed E-state index contributed by atoms with van der Waals surface area (Å²) in [6, 6.07) is -0.824. The highest BCUT2D eigenvalue weighted by Crippen LogP contribution is 2.24. The Morgan fingerprint density at radius 1 is 0.383 bits per heavy atom. The summed E-state index contributed by atoms with van der Waals surface area (Å²) in [6.45, 7) is 4.36. The number of rotatable bonds is 74. The zero-order valence-corrected chi connectivity index (χ0v) is 62.0. The number of aliphatic hydroxyl groups is 5. The van der Waals surface area contributed by atoms with Crippen molar-refractivity contribution in [3.05, 3.63) is 36.5 Å². The van der Waals surface area contributed by atoms with Gasteiger partial charge in [0.1, 0.15) is 24.4 Å². The van der Waals surface area contributed by atoms with Gasteiger partial charge in [-0.15, -0.1) is 0 Å². The van der Waals surface area contributed by atoms with E-state index in [1.807, 2.05) is 6.08 Å². The summed E-state index contributed by atoms with van der Waals surface area (Å²) >= 11 is 0. The molecule has 0 aromatic heterocycles. The molecular weight excluding hydrogens is 1170 g/mol. The zero-order valence-electron chi connectivity index (χ0n) is 62.0. The number of amides is 1. The van der Waals surface area contributed by atoms with Crippen molar-refractivity contribution < 1.29 is 49.3 Å². The van der Waals surface area contributed by atoms with Crippen molar-refractivity contribution in [3.63, 3.8) is 0 Å². The van der Waals surface area contributed by atoms with Gasteiger partial charge in [0.2, 0.25) is 5.91 Å². The fourth-order valence-corrected chi connectivity index (χ4v) is 13.3. The lowest BCUT2D eigenvalue weighted by molar-refractivity contribution is -0.302. The van der Waals surface area contributed by atoms with Crippen LogP contribution in [0.4, 0.5) is 0 Å². The minimum Gasteiger partial charge on any atom is -0.466 e. The predicted molar refractivity (Wildman–Crippen MR) is 398 cm³/mol. The van der Waals surface area contributed by atoms with Crippen molar-refractivity contribution >= 4 is 11.9 Å². The maximum atomic E-state index is 13.1. The van der Waals surface area contributed by atoms with E-state index >= 15 is 0 Å². The van der Waals surface area contributed by atoms with Gasteiger partial charge in [-0.25, -0.2) is 0 Å². The van der Waals surface area contributed by atoms with Crippen molar-refractivity contribution in [3.8, 4) is 0 Å². The monoisotopic (exact) mass is 1330 g/mol. The van der Waals surface area contributed by atoms with Crippen LogP contribution in [0.5, 0.6) is 0 Å². The lowest BCUT2D eigenvalue weighted by Gasteiger charge is -2.40. The van der Waals surface area contributed by atoms with Gasteiger partial charge < -0.3 is 45.1 Å². The lowest BCUT2D eigenvalue weighted by atomic mass is 9.99. The number of unbranched alkanes of at least 4 members (excludes halogenated alkanes) is 56. The number of nitrogens with one attached hydrogen (secondary N) is 1. The zero-order chi connectivity index (χ0) is 67.9.